The highest BCUT2D eigenvalue weighted by molar-refractivity contribution is 7.98. The second-order valence-corrected chi connectivity index (χ2v) is 4.54. The molecule has 0 spiro atoms. The maximum absolute atomic E-state index is 7.32. The van der Waals surface area contributed by atoms with E-state index in [2.05, 4.69) is 0 Å². The smallest absolute Gasteiger partial charge is 0.140 e. The summed E-state index contributed by atoms with van der Waals surface area (Å²) < 4.78 is 5.80. The summed E-state index contributed by atoms with van der Waals surface area (Å²) in [5.74, 6) is 1.63. The van der Waals surface area contributed by atoms with Crippen molar-refractivity contribution in [2.75, 3.05) is 6.26 Å². The monoisotopic (exact) mass is 258 g/mol. The van der Waals surface area contributed by atoms with E-state index in [4.69, 9.17) is 15.9 Å². The molecule has 0 unspecified atom stereocenters. The van der Waals surface area contributed by atoms with Crippen molar-refractivity contribution in [3.8, 4) is 11.5 Å². The first-order valence-electron chi connectivity index (χ1n) is 5.46. The van der Waals surface area contributed by atoms with Gasteiger partial charge in [0.05, 0.1) is 0 Å². The second-order valence-electron chi connectivity index (χ2n) is 3.69. The Morgan fingerprint density at radius 2 is 1.78 bits per heavy atom. The summed E-state index contributed by atoms with van der Waals surface area (Å²) in [5.41, 5.74) is 6.10. The van der Waals surface area contributed by atoms with Crippen molar-refractivity contribution in [3.05, 3.63) is 54.1 Å². The summed E-state index contributed by atoms with van der Waals surface area (Å²) in [6, 6.07) is 15.1. The normalized spacial score (nSPS) is 10.1. The molecule has 0 radical (unpaired) electrons. The molecule has 0 atom stereocenters. The van der Waals surface area contributed by atoms with Gasteiger partial charge >= 0.3 is 0 Å². The first-order valence-corrected chi connectivity index (χ1v) is 6.68. The van der Waals surface area contributed by atoms with Crippen molar-refractivity contribution in [2.45, 2.75) is 4.90 Å². The van der Waals surface area contributed by atoms with E-state index in [1.165, 1.54) is 0 Å². The zero-order valence-corrected chi connectivity index (χ0v) is 10.8. The van der Waals surface area contributed by atoms with Crippen LogP contribution in [0.4, 0.5) is 0 Å². The Hall–Kier alpha value is -1.94. The lowest BCUT2D eigenvalue weighted by Crippen LogP contribution is -2.10. The van der Waals surface area contributed by atoms with Gasteiger partial charge in [-0.15, -0.1) is 11.8 Å². The van der Waals surface area contributed by atoms with Crippen LogP contribution < -0.4 is 10.5 Å². The van der Waals surface area contributed by atoms with Gasteiger partial charge < -0.3 is 10.5 Å². The fourth-order valence-electron chi connectivity index (χ4n) is 1.53. The zero-order valence-electron chi connectivity index (χ0n) is 10.0. The molecule has 18 heavy (non-hydrogen) atoms. The Bertz CT molecular complexity index is 552. The largest absolute Gasteiger partial charge is 0.456 e. The summed E-state index contributed by atoms with van der Waals surface area (Å²) in [6.07, 6.45) is 2.01. The number of ether oxygens (including phenoxy) is 1. The highest BCUT2D eigenvalue weighted by atomic mass is 32.2. The molecule has 0 saturated heterocycles. The fraction of sp³-hybridized carbons (Fsp3) is 0.0714. The van der Waals surface area contributed by atoms with Crippen LogP contribution in [0.5, 0.6) is 11.5 Å². The first kappa shape index (κ1) is 12.5. The van der Waals surface area contributed by atoms with Crippen molar-refractivity contribution in [1.82, 2.24) is 0 Å². The van der Waals surface area contributed by atoms with Crippen LogP contribution in [0.2, 0.25) is 0 Å². The Morgan fingerprint density at radius 3 is 2.39 bits per heavy atom. The van der Waals surface area contributed by atoms with E-state index >= 15 is 0 Å². The number of hydrogen-bond donors (Lipinski definition) is 2. The number of nitrogens with two attached hydrogens (primary N) is 1. The van der Waals surface area contributed by atoms with E-state index in [-0.39, 0.29) is 5.84 Å². The first-order chi connectivity index (χ1) is 8.70. The van der Waals surface area contributed by atoms with Gasteiger partial charge in [-0.05, 0) is 42.7 Å². The molecule has 92 valence electrons. The molecule has 2 rings (SSSR count). The van der Waals surface area contributed by atoms with Crippen LogP contribution in [0.25, 0.3) is 0 Å². The summed E-state index contributed by atoms with van der Waals surface area (Å²) in [7, 11) is 0. The average Bonchev–Trinajstić information content (AvgIpc) is 2.40. The maximum atomic E-state index is 7.32. The summed E-state index contributed by atoms with van der Waals surface area (Å²) in [4.78, 5) is 1.09. The van der Waals surface area contributed by atoms with Crippen molar-refractivity contribution in [1.29, 1.82) is 5.41 Å². The molecule has 0 heterocycles. The van der Waals surface area contributed by atoms with Gasteiger partial charge in [-0.25, -0.2) is 0 Å². The number of nitrogens with one attached hydrogen (secondary N) is 1. The van der Waals surface area contributed by atoms with Gasteiger partial charge in [-0.1, -0.05) is 12.1 Å². The predicted octanol–water partition coefficient (Wildman–Crippen LogP) is 3.48. The average molecular weight is 258 g/mol. The minimum absolute atomic E-state index is 0.0612. The van der Waals surface area contributed by atoms with Gasteiger partial charge in [0.1, 0.15) is 17.3 Å². The van der Waals surface area contributed by atoms with Crippen molar-refractivity contribution < 1.29 is 4.74 Å². The minimum Gasteiger partial charge on any atom is -0.456 e. The van der Waals surface area contributed by atoms with E-state index in [1.54, 1.807) is 23.9 Å². The van der Waals surface area contributed by atoms with E-state index in [0.717, 1.165) is 16.4 Å². The van der Waals surface area contributed by atoms with Crippen LogP contribution in [-0.2, 0) is 0 Å². The lowest BCUT2D eigenvalue weighted by molar-refractivity contribution is 0.471. The Labute approximate surface area is 110 Å². The third-order valence-corrected chi connectivity index (χ3v) is 3.24. The van der Waals surface area contributed by atoms with Crippen LogP contribution in [0.3, 0.4) is 0 Å². The van der Waals surface area contributed by atoms with E-state index in [9.17, 15) is 0 Å². The van der Waals surface area contributed by atoms with Gasteiger partial charge in [0.15, 0.2) is 0 Å². The number of thioether (sulfide) groups is 1. The molecule has 0 bridgehead atoms. The molecule has 0 aliphatic heterocycles. The number of nitrogen functional groups attached to an aromatic ring is 1. The van der Waals surface area contributed by atoms with Gasteiger partial charge in [0.2, 0.25) is 0 Å². The molecular formula is C14H14N2OS. The van der Waals surface area contributed by atoms with Gasteiger partial charge in [-0.3, -0.25) is 5.41 Å². The summed E-state index contributed by atoms with van der Waals surface area (Å²) >= 11 is 1.64. The number of benzene rings is 2. The van der Waals surface area contributed by atoms with Gasteiger partial charge in [-0.2, -0.15) is 0 Å². The molecule has 0 aliphatic rings. The Morgan fingerprint density at radius 1 is 1.11 bits per heavy atom. The molecule has 4 heteroatoms. The van der Waals surface area contributed by atoms with Crippen LogP contribution in [-0.4, -0.2) is 12.1 Å². The number of amidine groups is 1. The lowest BCUT2D eigenvalue weighted by Gasteiger charge is -2.09. The Balaban J connectivity index is 2.21. The molecule has 3 N–H and O–H groups in total. The summed E-state index contributed by atoms with van der Waals surface area (Å²) in [6.45, 7) is 0. The highest BCUT2D eigenvalue weighted by Crippen LogP contribution is 2.31. The molecule has 0 saturated carbocycles. The standard InChI is InChI=1S/C14H14N2OS/c1-18-13-5-3-2-4-12(13)17-11-8-6-10(7-9-11)14(15)16/h2-9H,1H3,(H3,15,16). The molecule has 3 nitrogen and oxygen atoms in total. The van der Waals surface area contributed by atoms with Crippen molar-refractivity contribution in [2.24, 2.45) is 5.73 Å². The third-order valence-electron chi connectivity index (χ3n) is 2.46. The zero-order chi connectivity index (χ0) is 13.0. The topological polar surface area (TPSA) is 59.1 Å². The minimum atomic E-state index is 0.0612. The predicted molar refractivity (Wildman–Crippen MR) is 75.8 cm³/mol. The van der Waals surface area contributed by atoms with Gasteiger partial charge in [0, 0.05) is 10.5 Å². The molecular weight excluding hydrogens is 244 g/mol. The van der Waals surface area contributed by atoms with Crippen LogP contribution in [0, 0.1) is 5.41 Å². The molecule has 0 aromatic heterocycles. The maximum Gasteiger partial charge on any atom is 0.140 e. The third kappa shape index (κ3) is 2.84. The number of hydrogen-bond acceptors (Lipinski definition) is 3. The number of para-hydroxylation sites is 1. The van der Waals surface area contributed by atoms with Crippen LogP contribution in [0.15, 0.2) is 53.4 Å². The fourth-order valence-corrected chi connectivity index (χ4v) is 2.06. The summed E-state index contributed by atoms with van der Waals surface area (Å²) in [5, 5.41) is 7.32. The Kier molecular flexibility index (Phi) is 3.89. The molecule has 0 amide bonds. The lowest BCUT2D eigenvalue weighted by atomic mass is 10.2. The van der Waals surface area contributed by atoms with Crippen molar-refractivity contribution >= 4 is 17.6 Å². The van der Waals surface area contributed by atoms with Crippen LogP contribution in [0.1, 0.15) is 5.56 Å². The quantitative estimate of drug-likeness (QED) is 0.501. The van der Waals surface area contributed by atoms with E-state index in [0.29, 0.717) is 5.56 Å². The van der Waals surface area contributed by atoms with Gasteiger partial charge in [0.25, 0.3) is 0 Å². The molecule has 2 aromatic rings. The van der Waals surface area contributed by atoms with Crippen molar-refractivity contribution in [3.63, 3.8) is 0 Å². The number of rotatable bonds is 4. The highest BCUT2D eigenvalue weighted by Gasteiger charge is 2.03. The van der Waals surface area contributed by atoms with Crippen LogP contribution >= 0.6 is 11.8 Å². The van der Waals surface area contributed by atoms with E-state index < -0.39 is 0 Å². The SMILES string of the molecule is CSc1ccccc1Oc1ccc(C(=N)N)cc1. The van der Waals surface area contributed by atoms with E-state index in [1.807, 2.05) is 42.7 Å². The molecule has 0 aliphatic carbocycles. The molecule has 2 aromatic carbocycles. The second kappa shape index (κ2) is 5.60. The molecule has 0 fully saturated rings.